The van der Waals surface area contributed by atoms with Gasteiger partial charge in [-0.05, 0) is 34.7 Å². The summed E-state index contributed by atoms with van der Waals surface area (Å²) in [5.74, 6) is 1.35. The fourth-order valence-electron chi connectivity index (χ4n) is 2.31. The van der Waals surface area contributed by atoms with Crippen molar-refractivity contribution in [2.24, 2.45) is 13.0 Å². The van der Waals surface area contributed by atoms with Gasteiger partial charge in [0.2, 0.25) is 0 Å². The Morgan fingerprint density at radius 2 is 2.29 bits per heavy atom. The second kappa shape index (κ2) is 5.97. The molecule has 8 heteroatoms. The first-order valence-electron chi connectivity index (χ1n) is 6.97. The summed E-state index contributed by atoms with van der Waals surface area (Å²) in [6.07, 6.45) is 6.93. The summed E-state index contributed by atoms with van der Waals surface area (Å²) in [5.41, 5.74) is 0.422. The third-order valence-electron chi connectivity index (χ3n) is 3.88. The van der Waals surface area contributed by atoms with Gasteiger partial charge < -0.3 is 9.88 Å². The summed E-state index contributed by atoms with van der Waals surface area (Å²) in [6, 6.07) is 0. The van der Waals surface area contributed by atoms with E-state index >= 15 is 0 Å². The highest BCUT2D eigenvalue weighted by Crippen LogP contribution is 2.27. The van der Waals surface area contributed by atoms with E-state index in [4.69, 9.17) is 0 Å². The van der Waals surface area contributed by atoms with E-state index in [0.717, 1.165) is 5.82 Å². The number of hydrogen-bond acceptors (Lipinski definition) is 5. The van der Waals surface area contributed by atoms with Crippen LogP contribution in [-0.4, -0.2) is 24.5 Å². The van der Waals surface area contributed by atoms with Gasteiger partial charge in [0, 0.05) is 13.6 Å². The maximum atomic E-state index is 12.5. The molecule has 112 valence electrons. The molecule has 21 heavy (non-hydrogen) atoms. The standard InChI is InChI=1S/C13H17BrN6O/c1-19-8-16-18-11(19)6-15-12-10(14)5-17-20(13(12)21)7-9-3-2-4-9/h5,8-9,15H,2-4,6-7H2,1H3. The first-order valence-corrected chi connectivity index (χ1v) is 7.77. The topological polar surface area (TPSA) is 77.6 Å². The molecule has 3 rings (SSSR count). The van der Waals surface area contributed by atoms with Crippen LogP contribution in [0.25, 0.3) is 0 Å². The summed E-state index contributed by atoms with van der Waals surface area (Å²) in [6.45, 7) is 1.14. The first kappa shape index (κ1) is 14.2. The average molecular weight is 353 g/mol. The normalized spacial score (nSPS) is 15.0. The SMILES string of the molecule is Cn1cnnc1CNc1c(Br)cnn(CC2CCC2)c1=O. The zero-order chi connectivity index (χ0) is 14.8. The molecule has 0 saturated heterocycles. The van der Waals surface area contributed by atoms with Crippen LogP contribution in [0, 0.1) is 5.92 Å². The first-order chi connectivity index (χ1) is 10.1. The smallest absolute Gasteiger partial charge is 0.291 e. The molecular weight excluding hydrogens is 336 g/mol. The van der Waals surface area contributed by atoms with E-state index in [0.29, 0.717) is 29.2 Å². The molecule has 1 aliphatic rings. The quantitative estimate of drug-likeness (QED) is 0.883. The Kier molecular flexibility index (Phi) is 4.05. The lowest BCUT2D eigenvalue weighted by molar-refractivity contribution is 0.262. The number of nitrogens with one attached hydrogen (secondary N) is 1. The predicted molar refractivity (Wildman–Crippen MR) is 81.9 cm³/mol. The Morgan fingerprint density at radius 1 is 1.48 bits per heavy atom. The Morgan fingerprint density at radius 3 is 2.90 bits per heavy atom. The van der Waals surface area contributed by atoms with Gasteiger partial charge in [-0.25, -0.2) is 4.68 Å². The lowest BCUT2D eigenvalue weighted by Crippen LogP contribution is -2.31. The second-order valence-corrected chi connectivity index (χ2v) is 6.22. The van der Waals surface area contributed by atoms with Gasteiger partial charge in [-0.15, -0.1) is 10.2 Å². The highest BCUT2D eigenvalue weighted by Gasteiger charge is 2.20. The monoisotopic (exact) mass is 352 g/mol. The molecule has 0 spiro atoms. The fourth-order valence-corrected chi connectivity index (χ4v) is 2.71. The maximum absolute atomic E-state index is 12.5. The minimum Gasteiger partial charge on any atom is -0.372 e. The number of anilines is 1. The molecule has 2 heterocycles. The van der Waals surface area contributed by atoms with Crippen molar-refractivity contribution in [3.05, 3.63) is 33.2 Å². The van der Waals surface area contributed by atoms with Crippen LogP contribution in [-0.2, 0) is 20.1 Å². The molecule has 0 aromatic carbocycles. The van der Waals surface area contributed by atoms with Crippen LogP contribution >= 0.6 is 15.9 Å². The van der Waals surface area contributed by atoms with Crippen LogP contribution in [0.3, 0.4) is 0 Å². The largest absolute Gasteiger partial charge is 0.372 e. The highest BCUT2D eigenvalue weighted by atomic mass is 79.9. The second-order valence-electron chi connectivity index (χ2n) is 5.36. The number of aromatic nitrogens is 5. The lowest BCUT2D eigenvalue weighted by atomic mass is 9.85. The van der Waals surface area contributed by atoms with E-state index in [1.54, 1.807) is 17.2 Å². The number of aryl methyl sites for hydroxylation is 1. The third kappa shape index (κ3) is 2.99. The van der Waals surface area contributed by atoms with Crippen molar-refractivity contribution in [1.29, 1.82) is 0 Å². The minimum absolute atomic E-state index is 0.0987. The van der Waals surface area contributed by atoms with Crippen LogP contribution in [0.2, 0.25) is 0 Å². The van der Waals surface area contributed by atoms with Crippen LogP contribution in [0.5, 0.6) is 0 Å². The zero-order valence-corrected chi connectivity index (χ0v) is 13.4. The zero-order valence-electron chi connectivity index (χ0n) is 11.8. The van der Waals surface area contributed by atoms with E-state index in [1.165, 1.54) is 19.3 Å². The molecule has 1 N–H and O–H groups in total. The third-order valence-corrected chi connectivity index (χ3v) is 4.48. The Labute approximate surface area is 130 Å². The van der Waals surface area contributed by atoms with Crippen LogP contribution < -0.4 is 10.9 Å². The summed E-state index contributed by atoms with van der Waals surface area (Å²) < 4.78 is 4.03. The van der Waals surface area contributed by atoms with Crippen molar-refractivity contribution in [3.8, 4) is 0 Å². The van der Waals surface area contributed by atoms with Gasteiger partial charge in [-0.1, -0.05) is 6.42 Å². The van der Waals surface area contributed by atoms with Crippen molar-refractivity contribution in [2.75, 3.05) is 5.32 Å². The van der Waals surface area contributed by atoms with E-state index < -0.39 is 0 Å². The van der Waals surface area contributed by atoms with Gasteiger partial charge in [0.05, 0.1) is 17.2 Å². The van der Waals surface area contributed by atoms with Crippen LogP contribution in [0.4, 0.5) is 5.69 Å². The predicted octanol–water partition coefficient (Wildman–Crippen LogP) is 1.55. The van der Waals surface area contributed by atoms with Crippen LogP contribution in [0.15, 0.2) is 21.8 Å². The van der Waals surface area contributed by atoms with Gasteiger partial charge in [-0.3, -0.25) is 4.79 Å². The number of hydrogen-bond donors (Lipinski definition) is 1. The molecule has 0 atom stereocenters. The molecule has 1 aliphatic carbocycles. The molecule has 0 unspecified atom stereocenters. The molecule has 2 aromatic rings. The van der Waals surface area contributed by atoms with E-state index in [9.17, 15) is 4.79 Å². The molecule has 0 amide bonds. The molecular formula is C13H17BrN6O. The van der Waals surface area contributed by atoms with Gasteiger partial charge in [0.25, 0.3) is 5.56 Å². The summed E-state index contributed by atoms with van der Waals surface area (Å²) in [4.78, 5) is 12.5. The molecule has 0 aliphatic heterocycles. The molecule has 0 radical (unpaired) electrons. The molecule has 1 saturated carbocycles. The fraction of sp³-hybridized carbons (Fsp3) is 0.538. The van der Waals surface area contributed by atoms with Crippen molar-refractivity contribution in [1.82, 2.24) is 24.5 Å². The number of nitrogens with zero attached hydrogens (tertiary/aromatic N) is 5. The maximum Gasteiger partial charge on any atom is 0.291 e. The van der Waals surface area contributed by atoms with Gasteiger partial charge in [0.1, 0.15) is 12.0 Å². The lowest BCUT2D eigenvalue weighted by Gasteiger charge is -2.25. The Hall–Kier alpha value is -1.70. The van der Waals surface area contributed by atoms with Crippen molar-refractivity contribution in [2.45, 2.75) is 32.4 Å². The summed E-state index contributed by atoms with van der Waals surface area (Å²) in [5, 5.41) is 15.2. The number of rotatable bonds is 5. The summed E-state index contributed by atoms with van der Waals surface area (Å²) >= 11 is 3.38. The highest BCUT2D eigenvalue weighted by molar-refractivity contribution is 9.10. The van der Waals surface area contributed by atoms with Gasteiger partial charge >= 0.3 is 0 Å². The van der Waals surface area contributed by atoms with Gasteiger partial charge in [-0.2, -0.15) is 5.10 Å². The molecule has 1 fully saturated rings. The molecule has 0 bridgehead atoms. The molecule has 2 aromatic heterocycles. The van der Waals surface area contributed by atoms with E-state index in [2.05, 4.69) is 36.5 Å². The minimum atomic E-state index is -0.0987. The van der Waals surface area contributed by atoms with Crippen molar-refractivity contribution in [3.63, 3.8) is 0 Å². The summed E-state index contributed by atoms with van der Waals surface area (Å²) in [7, 11) is 1.87. The van der Waals surface area contributed by atoms with Crippen molar-refractivity contribution >= 4 is 21.6 Å². The number of halogens is 1. The van der Waals surface area contributed by atoms with Crippen LogP contribution in [0.1, 0.15) is 25.1 Å². The average Bonchev–Trinajstić information content (AvgIpc) is 2.81. The van der Waals surface area contributed by atoms with Gasteiger partial charge in [0.15, 0.2) is 5.82 Å². The van der Waals surface area contributed by atoms with E-state index in [1.807, 2.05) is 11.6 Å². The van der Waals surface area contributed by atoms with Crippen molar-refractivity contribution < 1.29 is 0 Å². The Bertz CT molecular complexity index is 690. The Balaban J connectivity index is 1.78. The van der Waals surface area contributed by atoms with E-state index in [-0.39, 0.29) is 5.56 Å². The molecule has 7 nitrogen and oxygen atoms in total.